The van der Waals surface area contributed by atoms with Crippen LogP contribution in [0, 0.1) is 5.92 Å². The summed E-state index contributed by atoms with van der Waals surface area (Å²) in [6, 6.07) is 22.7. The third kappa shape index (κ3) is 6.08. The smallest absolute Gasteiger partial charge is 0.432 e. The zero-order valence-corrected chi connectivity index (χ0v) is 19.1. The Bertz CT molecular complexity index is 1170. The summed E-state index contributed by atoms with van der Waals surface area (Å²) in [5.41, 5.74) is 3.64. The summed E-state index contributed by atoms with van der Waals surface area (Å²) in [5.74, 6) is -1.11. The van der Waals surface area contributed by atoms with E-state index in [0.29, 0.717) is 30.9 Å². The zero-order chi connectivity index (χ0) is 25.0. The number of alkyl halides is 3. The number of nitrogens with zero attached hydrogens (tertiary/aromatic N) is 2. The fourth-order valence-corrected chi connectivity index (χ4v) is 3.94. The van der Waals surface area contributed by atoms with Crippen molar-refractivity contribution >= 4 is 11.7 Å². The number of carboxylic acid groups (broad SMARTS) is 1. The van der Waals surface area contributed by atoms with Crippen LogP contribution < -0.4 is 0 Å². The Labute approximate surface area is 201 Å². The van der Waals surface area contributed by atoms with Crippen LogP contribution in [0.1, 0.15) is 29.7 Å². The predicted molar refractivity (Wildman–Crippen MR) is 127 cm³/mol. The normalized spacial score (nSPS) is 15.9. The van der Waals surface area contributed by atoms with E-state index in [1.54, 1.807) is 31.2 Å². The molecule has 1 unspecified atom stereocenters. The first-order chi connectivity index (χ1) is 16.7. The number of carbonyl (C=O) groups is 1. The number of carboxylic acids is 1. The second-order valence-corrected chi connectivity index (χ2v) is 8.62. The minimum Gasteiger partial charge on any atom is -0.481 e. The highest BCUT2D eigenvalue weighted by Gasteiger charge is 2.43. The quantitative estimate of drug-likeness (QED) is 0.320. The predicted octanol–water partition coefficient (Wildman–Crippen LogP) is 5.91. The number of hydrogen-bond donors (Lipinski definition) is 1. The van der Waals surface area contributed by atoms with Gasteiger partial charge in [-0.15, -0.1) is 0 Å². The van der Waals surface area contributed by atoms with E-state index in [1.807, 2.05) is 47.4 Å². The van der Waals surface area contributed by atoms with Crippen LogP contribution in [0.5, 0.6) is 0 Å². The van der Waals surface area contributed by atoms with Crippen molar-refractivity contribution in [3.63, 3.8) is 0 Å². The van der Waals surface area contributed by atoms with Crippen molar-refractivity contribution in [2.45, 2.75) is 25.7 Å². The number of aliphatic carboxylic acids is 1. The van der Waals surface area contributed by atoms with Crippen molar-refractivity contribution in [1.82, 2.24) is 4.90 Å². The molecule has 0 saturated carbocycles. The van der Waals surface area contributed by atoms with E-state index < -0.39 is 18.2 Å². The van der Waals surface area contributed by atoms with Crippen molar-refractivity contribution in [3.8, 4) is 11.1 Å². The lowest BCUT2D eigenvalue weighted by molar-refractivity contribution is -0.224. The van der Waals surface area contributed by atoms with Crippen LogP contribution in [0.25, 0.3) is 11.1 Å². The van der Waals surface area contributed by atoms with E-state index >= 15 is 0 Å². The van der Waals surface area contributed by atoms with Gasteiger partial charge < -0.3 is 9.94 Å². The maximum absolute atomic E-state index is 13.7. The Balaban J connectivity index is 1.41. The van der Waals surface area contributed by atoms with Crippen molar-refractivity contribution < 1.29 is 27.9 Å². The van der Waals surface area contributed by atoms with Crippen LogP contribution in [0.2, 0.25) is 0 Å². The molecular weight excluding hydrogens is 457 g/mol. The van der Waals surface area contributed by atoms with Gasteiger partial charge in [-0.1, -0.05) is 84.0 Å². The second-order valence-electron chi connectivity index (χ2n) is 8.62. The number of hydrogen-bond acceptors (Lipinski definition) is 4. The van der Waals surface area contributed by atoms with Crippen molar-refractivity contribution in [3.05, 3.63) is 95.6 Å². The summed E-state index contributed by atoms with van der Waals surface area (Å²) in [6.07, 6.45) is -6.82. The molecule has 8 heteroatoms. The Hall–Kier alpha value is -3.65. The molecule has 0 aliphatic carbocycles. The summed E-state index contributed by atoms with van der Waals surface area (Å²) in [5, 5.41) is 12.8. The number of benzene rings is 3. The summed E-state index contributed by atoms with van der Waals surface area (Å²) in [4.78, 5) is 17.9. The molecule has 1 saturated heterocycles. The first-order valence-electron chi connectivity index (χ1n) is 11.2. The number of halogens is 3. The Kier molecular flexibility index (Phi) is 7.21. The van der Waals surface area contributed by atoms with E-state index in [2.05, 4.69) is 5.16 Å². The molecule has 0 aromatic heterocycles. The van der Waals surface area contributed by atoms with Gasteiger partial charge in [-0.3, -0.25) is 9.69 Å². The van der Waals surface area contributed by atoms with E-state index in [1.165, 1.54) is 12.1 Å². The summed E-state index contributed by atoms with van der Waals surface area (Å²) in [6.45, 7) is 3.23. The molecule has 3 aromatic rings. The molecule has 1 aliphatic heterocycles. The highest BCUT2D eigenvalue weighted by molar-refractivity contribution is 5.98. The molecule has 5 nitrogen and oxygen atoms in total. The van der Waals surface area contributed by atoms with Gasteiger partial charge in [0.1, 0.15) is 0 Å². The van der Waals surface area contributed by atoms with Gasteiger partial charge in [0.25, 0.3) is 0 Å². The minimum atomic E-state index is -4.63. The lowest BCUT2D eigenvalue weighted by atomic mass is 9.99. The van der Waals surface area contributed by atoms with Gasteiger partial charge in [-0.2, -0.15) is 13.2 Å². The molecule has 0 bridgehead atoms. The molecule has 4 rings (SSSR count). The molecular formula is C27H25F3N2O3. The lowest BCUT2D eigenvalue weighted by Gasteiger charge is -2.36. The van der Waals surface area contributed by atoms with Crippen LogP contribution in [0.4, 0.5) is 13.2 Å². The number of oxime groups is 1. The van der Waals surface area contributed by atoms with Crippen LogP contribution in [0.15, 0.2) is 84.0 Å². The Morgan fingerprint density at radius 3 is 2.17 bits per heavy atom. The Morgan fingerprint density at radius 1 is 1.00 bits per heavy atom. The third-order valence-electron chi connectivity index (χ3n) is 6.00. The minimum absolute atomic E-state index is 0.0294. The van der Waals surface area contributed by atoms with Gasteiger partial charge in [0.05, 0.1) is 11.6 Å². The monoisotopic (exact) mass is 482 g/mol. The molecule has 0 spiro atoms. The third-order valence-corrected chi connectivity index (χ3v) is 6.00. The first-order valence-corrected chi connectivity index (χ1v) is 11.2. The molecule has 1 aliphatic rings. The second kappa shape index (κ2) is 10.3. The number of rotatable bonds is 8. The standard InChI is InChI=1S/C27H25F3N2O3/c1-18(20-9-7-19(8-10-20)15-32-16-24(17-32)26(33)34)31-35-25(27(28,29)30)23-13-11-22(12-14-23)21-5-3-2-4-6-21/h2-14,24-25H,15-17H2,1H3,(H,33,34). The molecule has 182 valence electrons. The highest BCUT2D eigenvalue weighted by Crippen LogP contribution is 2.37. The average Bonchev–Trinajstić information content (AvgIpc) is 2.81. The topological polar surface area (TPSA) is 62.1 Å². The molecule has 0 radical (unpaired) electrons. The maximum Gasteiger partial charge on any atom is 0.432 e. The highest BCUT2D eigenvalue weighted by atomic mass is 19.4. The Morgan fingerprint density at radius 2 is 1.60 bits per heavy atom. The van der Waals surface area contributed by atoms with Crippen LogP contribution in [0.3, 0.4) is 0 Å². The molecule has 1 heterocycles. The molecule has 0 amide bonds. The fraction of sp³-hybridized carbons (Fsp3) is 0.259. The van der Waals surface area contributed by atoms with E-state index in [4.69, 9.17) is 9.94 Å². The van der Waals surface area contributed by atoms with Crippen LogP contribution in [-0.4, -0.2) is 41.0 Å². The molecule has 1 atom stereocenters. The van der Waals surface area contributed by atoms with E-state index in [9.17, 15) is 18.0 Å². The average molecular weight is 483 g/mol. The summed E-state index contributed by atoms with van der Waals surface area (Å²) in [7, 11) is 0. The molecule has 35 heavy (non-hydrogen) atoms. The van der Waals surface area contributed by atoms with Gasteiger partial charge in [0.2, 0.25) is 6.10 Å². The molecule has 3 aromatic carbocycles. The molecule has 1 N–H and O–H groups in total. The van der Waals surface area contributed by atoms with Crippen molar-refractivity contribution in [2.75, 3.05) is 13.1 Å². The fourth-order valence-electron chi connectivity index (χ4n) is 3.94. The van der Waals surface area contributed by atoms with Gasteiger partial charge in [0, 0.05) is 25.2 Å². The largest absolute Gasteiger partial charge is 0.481 e. The van der Waals surface area contributed by atoms with E-state index in [-0.39, 0.29) is 11.5 Å². The number of likely N-dealkylation sites (tertiary alicyclic amines) is 1. The van der Waals surface area contributed by atoms with Crippen LogP contribution >= 0.6 is 0 Å². The molecule has 1 fully saturated rings. The van der Waals surface area contributed by atoms with E-state index in [0.717, 1.165) is 16.7 Å². The van der Waals surface area contributed by atoms with Crippen LogP contribution in [-0.2, 0) is 16.2 Å². The van der Waals surface area contributed by atoms with Crippen molar-refractivity contribution in [2.24, 2.45) is 11.1 Å². The zero-order valence-electron chi connectivity index (χ0n) is 19.1. The summed E-state index contributed by atoms with van der Waals surface area (Å²) >= 11 is 0. The van der Waals surface area contributed by atoms with Gasteiger partial charge >= 0.3 is 12.1 Å². The van der Waals surface area contributed by atoms with Gasteiger partial charge in [0.15, 0.2) is 0 Å². The van der Waals surface area contributed by atoms with Gasteiger partial charge in [-0.25, -0.2) is 0 Å². The SMILES string of the molecule is CC(=NOC(c1ccc(-c2ccccc2)cc1)C(F)(F)F)c1ccc(CN2CC(C(=O)O)C2)cc1. The lowest BCUT2D eigenvalue weighted by Crippen LogP contribution is -2.49. The summed E-state index contributed by atoms with van der Waals surface area (Å²) < 4.78 is 41.2. The maximum atomic E-state index is 13.7. The first kappa shape index (κ1) is 24.5. The van der Waals surface area contributed by atoms with Crippen molar-refractivity contribution in [1.29, 1.82) is 0 Å². The van der Waals surface area contributed by atoms with Gasteiger partial charge in [-0.05, 0) is 29.2 Å².